The number of anilines is 1. The largest absolute Gasteiger partial charge is 0.506 e. The molecule has 0 unspecified atom stereocenters. The summed E-state index contributed by atoms with van der Waals surface area (Å²) in [4.78, 5) is 11.8. The van der Waals surface area contributed by atoms with Gasteiger partial charge in [0.05, 0.1) is 12.3 Å². The molecule has 2 aromatic rings. The Bertz CT molecular complexity index is 671. The van der Waals surface area contributed by atoms with E-state index in [9.17, 15) is 9.90 Å². The molecule has 2 amide bonds. The minimum atomic E-state index is -0.347. The van der Waals surface area contributed by atoms with Gasteiger partial charge in [-0.05, 0) is 49.6 Å². The third kappa shape index (κ3) is 5.21. The van der Waals surface area contributed by atoms with E-state index in [0.717, 1.165) is 16.9 Å². The highest BCUT2D eigenvalue weighted by atomic mass is 16.5. The number of hydrogen-bond acceptors (Lipinski definition) is 3. The van der Waals surface area contributed by atoms with E-state index in [-0.39, 0.29) is 11.8 Å². The highest BCUT2D eigenvalue weighted by molar-refractivity contribution is 5.90. The molecular formula is C18H22N2O3. The van der Waals surface area contributed by atoms with Crippen LogP contribution in [0.5, 0.6) is 11.5 Å². The minimum absolute atomic E-state index is 0.0584. The molecule has 0 atom stereocenters. The van der Waals surface area contributed by atoms with Crippen LogP contribution >= 0.6 is 0 Å². The number of amides is 2. The number of hydrogen-bond donors (Lipinski definition) is 3. The van der Waals surface area contributed by atoms with Crippen molar-refractivity contribution in [3.63, 3.8) is 0 Å². The van der Waals surface area contributed by atoms with Crippen molar-refractivity contribution in [3.8, 4) is 11.5 Å². The van der Waals surface area contributed by atoms with Gasteiger partial charge in [0.2, 0.25) is 0 Å². The van der Waals surface area contributed by atoms with Gasteiger partial charge >= 0.3 is 6.03 Å². The Kier molecular flexibility index (Phi) is 5.86. The van der Waals surface area contributed by atoms with Crippen molar-refractivity contribution in [2.45, 2.75) is 20.3 Å². The van der Waals surface area contributed by atoms with Crippen LogP contribution in [0.15, 0.2) is 42.5 Å². The maximum Gasteiger partial charge on any atom is 0.319 e. The van der Waals surface area contributed by atoms with E-state index in [1.54, 1.807) is 12.1 Å². The maximum atomic E-state index is 11.8. The summed E-state index contributed by atoms with van der Waals surface area (Å²) >= 11 is 0. The molecule has 2 aromatic carbocycles. The molecule has 0 heterocycles. The second-order valence-corrected chi connectivity index (χ2v) is 5.37. The molecule has 0 bridgehead atoms. The fourth-order valence-corrected chi connectivity index (χ4v) is 2.09. The fraction of sp³-hybridized carbons (Fsp3) is 0.278. The van der Waals surface area contributed by atoms with Gasteiger partial charge in [0.15, 0.2) is 0 Å². The number of carbonyl (C=O) groups excluding carboxylic acids is 1. The Balaban J connectivity index is 1.68. The summed E-state index contributed by atoms with van der Waals surface area (Å²) in [7, 11) is 0. The molecule has 0 aliphatic heterocycles. The van der Waals surface area contributed by atoms with Crippen molar-refractivity contribution in [1.82, 2.24) is 5.32 Å². The van der Waals surface area contributed by atoms with Crippen LogP contribution in [0, 0.1) is 13.8 Å². The highest BCUT2D eigenvalue weighted by Gasteiger charge is 2.05. The van der Waals surface area contributed by atoms with Crippen molar-refractivity contribution < 1.29 is 14.6 Å². The van der Waals surface area contributed by atoms with E-state index in [2.05, 4.69) is 10.6 Å². The van der Waals surface area contributed by atoms with Crippen LogP contribution in [-0.2, 0) is 0 Å². The van der Waals surface area contributed by atoms with Gasteiger partial charge in [-0.2, -0.15) is 0 Å². The summed E-state index contributed by atoms with van der Waals surface area (Å²) in [6.07, 6.45) is 0.696. The lowest BCUT2D eigenvalue weighted by Crippen LogP contribution is -2.30. The predicted octanol–water partition coefficient (Wildman–Crippen LogP) is 3.60. The topological polar surface area (TPSA) is 70.6 Å². The second kappa shape index (κ2) is 8.08. The monoisotopic (exact) mass is 314 g/mol. The second-order valence-electron chi connectivity index (χ2n) is 5.37. The van der Waals surface area contributed by atoms with Gasteiger partial charge in [-0.3, -0.25) is 0 Å². The summed E-state index contributed by atoms with van der Waals surface area (Å²) in [6, 6.07) is 12.6. The van der Waals surface area contributed by atoms with Crippen LogP contribution in [0.2, 0.25) is 0 Å². The number of benzene rings is 2. The number of phenols is 1. The van der Waals surface area contributed by atoms with E-state index in [1.807, 2.05) is 44.2 Å². The van der Waals surface area contributed by atoms with Crippen molar-refractivity contribution in [2.24, 2.45) is 0 Å². The molecule has 5 heteroatoms. The molecule has 3 N–H and O–H groups in total. The SMILES string of the molecule is Cc1ccc(NC(=O)NCCCOc2ccccc2C)c(O)c1. The molecule has 0 spiro atoms. The average Bonchev–Trinajstić information content (AvgIpc) is 2.51. The first kappa shape index (κ1) is 16.7. The van der Waals surface area contributed by atoms with Gasteiger partial charge in [-0.15, -0.1) is 0 Å². The maximum absolute atomic E-state index is 11.8. The first-order valence-electron chi connectivity index (χ1n) is 7.59. The number of phenolic OH excluding ortho intramolecular Hbond substituents is 1. The fourth-order valence-electron chi connectivity index (χ4n) is 2.09. The number of rotatable bonds is 6. The lowest BCUT2D eigenvalue weighted by atomic mass is 10.2. The summed E-state index contributed by atoms with van der Waals surface area (Å²) < 4.78 is 5.66. The zero-order valence-electron chi connectivity index (χ0n) is 13.4. The van der Waals surface area contributed by atoms with Crippen LogP contribution in [0.4, 0.5) is 10.5 Å². The Morgan fingerprint density at radius 2 is 1.96 bits per heavy atom. The zero-order chi connectivity index (χ0) is 16.7. The van der Waals surface area contributed by atoms with Crippen LogP contribution in [0.25, 0.3) is 0 Å². The minimum Gasteiger partial charge on any atom is -0.506 e. The predicted molar refractivity (Wildman–Crippen MR) is 91.2 cm³/mol. The number of carbonyl (C=O) groups is 1. The number of nitrogens with one attached hydrogen (secondary N) is 2. The standard InChI is InChI=1S/C18H22N2O3/c1-13-8-9-15(16(21)12-13)20-18(22)19-10-5-11-23-17-7-4-3-6-14(17)2/h3-4,6-9,12,21H,5,10-11H2,1-2H3,(H2,19,20,22). The van der Waals surface area contributed by atoms with E-state index < -0.39 is 0 Å². The van der Waals surface area contributed by atoms with Crippen LogP contribution in [0.3, 0.4) is 0 Å². The normalized spacial score (nSPS) is 10.2. The Hall–Kier alpha value is -2.69. The highest BCUT2D eigenvalue weighted by Crippen LogP contribution is 2.23. The zero-order valence-corrected chi connectivity index (χ0v) is 13.4. The Morgan fingerprint density at radius 1 is 1.17 bits per heavy atom. The molecule has 0 saturated heterocycles. The van der Waals surface area contributed by atoms with Gasteiger partial charge in [0, 0.05) is 6.54 Å². The van der Waals surface area contributed by atoms with Gasteiger partial charge in [-0.1, -0.05) is 24.3 Å². The van der Waals surface area contributed by atoms with E-state index in [4.69, 9.17) is 4.74 Å². The number of urea groups is 1. The lowest BCUT2D eigenvalue weighted by Gasteiger charge is -2.11. The number of aromatic hydroxyl groups is 1. The van der Waals surface area contributed by atoms with Crippen molar-refractivity contribution >= 4 is 11.7 Å². The first-order valence-corrected chi connectivity index (χ1v) is 7.59. The molecule has 0 saturated carbocycles. The Morgan fingerprint density at radius 3 is 2.70 bits per heavy atom. The van der Waals surface area contributed by atoms with Crippen LogP contribution < -0.4 is 15.4 Å². The third-order valence-electron chi connectivity index (χ3n) is 3.36. The van der Waals surface area contributed by atoms with Crippen molar-refractivity contribution in [3.05, 3.63) is 53.6 Å². The van der Waals surface area contributed by atoms with E-state index in [1.165, 1.54) is 0 Å². The Labute approximate surface area is 136 Å². The first-order chi connectivity index (χ1) is 11.1. The summed E-state index contributed by atoms with van der Waals surface area (Å²) in [5, 5.41) is 15.1. The molecule has 0 fully saturated rings. The van der Waals surface area contributed by atoms with Gasteiger partial charge in [-0.25, -0.2) is 4.79 Å². The number of para-hydroxylation sites is 1. The molecule has 0 radical (unpaired) electrons. The molecule has 5 nitrogen and oxygen atoms in total. The molecule has 23 heavy (non-hydrogen) atoms. The lowest BCUT2D eigenvalue weighted by molar-refractivity contribution is 0.250. The molecule has 0 aliphatic carbocycles. The summed E-state index contributed by atoms with van der Waals surface area (Å²) in [5.74, 6) is 0.921. The van der Waals surface area contributed by atoms with Gasteiger partial charge < -0.3 is 20.5 Å². The third-order valence-corrected chi connectivity index (χ3v) is 3.36. The summed E-state index contributed by atoms with van der Waals surface area (Å²) in [6.45, 7) is 4.89. The van der Waals surface area contributed by atoms with E-state index in [0.29, 0.717) is 25.3 Å². The smallest absolute Gasteiger partial charge is 0.319 e. The molecule has 122 valence electrons. The quantitative estimate of drug-likeness (QED) is 0.563. The average molecular weight is 314 g/mol. The molecular weight excluding hydrogens is 292 g/mol. The number of ether oxygens (including phenoxy) is 1. The van der Waals surface area contributed by atoms with Crippen LogP contribution in [-0.4, -0.2) is 24.3 Å². The molecule has 2 rings (SSSR count). The van der Waals surface area contributed by atoms with Gasteiger partial charge in [0.1, 0.15) is 11.5 Å². The van der Waals surface area contributed by atoms with E-state index >= 15 is 0 Å². The van der Waals surface area contributed by atoms with Gasteiger partial charge in [0.25, 0.3) is 0 Å². The molecule has 0 aromatic heterocycles. The summed E-state index contributed by atoms with van der Waals surface area (Å²) in [5.41, 5.74) is 2.42. The van der Waals surface area contributed by atoms with Crippen molar-refractivity contribution in [2.75, 3.05) is 18.5 Å². The van der Waals surface area contributed by atoms with Crippen molar-refractivity contribution in [1.29, 1.82) is 0 Å². The number of aryl methyl sites for hydroxylation is 2. The van der Waals surface area contributed by atoms with Crippen LogP contribution in [0.1, 0.15) is 17.5 Å². The molecule has 0 aliphatic rings.